The fourth-order valence-electron chi connectivity index (χ4n) is 5.13. The quantitative estimate of drug-likeness (QED) is 0.544. The van der Waals surface area contributed by atoms with E-state index in [-0.39, 0.29) is 5.91 Å². The first-order valence-corrected chi connectivity index (χ1v) is 12.7. The van der Waals surface area contributed by atoms with Gasteiger partial charge in [-0.15, -0.1) is 0 Å². The van der Waals surface area contributed by atoms with Crippen molar-refractivity contribution in [3.05, 3.63) is 78.0 Å². The number of nitrogens with one attached hydrogen (secondary N) is 2. The van der Waals surface area contributed by atoms with Gasteiger partial charge in [-0.2, -0.15) is 0 Å². The van der Waals surface area contributed by atoms with Crippen LogP contribution < -0.4 is 15.4 Å². The van der Waals surface area contributed by atoms with Gasteiger partial charge >= 0.3 is 6.03 Å². The highest BCUT2D eigenvalue weighted by atomic mass is 16.5. The van der Waals surface area contributed by atoms with Gasteiger partial charge in [0, 0.05) is 29.9 Å². The summed E-state index contributed by atoms with van der Waals surface area (Å²) in [7, 11) is 1.79. The van der Waals surface area contributed by atoms with Gasteiger partial charge in [-0.25, -0.2) is 4.79 Å². The lowest BCUT2D eigenvalue weighted by molar-refractivity contribution is -0.129. The van der Waals surface area contributed by atoms with E-state index in [1.54, 1.807) is 36.2 Å². The molecule has 0 saturated heterocycles. The second-order valence-electron chi connectivity index (χ2n) is 9.49. The molecule has 3 amide bonds. The maximum Gasteiger partial charge on any atom is 0.321 e. The van der Waals surface area contributed by atoms with Crippen molar-refractivity contribution < 1.29 is 14.3 Å². The van der Waals surface area contributed by atoms with Crippen LogP contribution in [0, 0.1) is 5.92 Å². The van der Waals surface area contributed by atoms with Crippen LogP contribution in [0.1, 0.15) is 44.9 Å². The minimum atomic E-state index is -0.966. The molecule has 2 aliphatic carbocycles. The number of nitrogens with zero attached hydrogens (tertiary/aromatic N) is 2. The maximum atomic E-state index is 13.3. The molecule has 0 aromatic heterocycles. The van der Waals surface area contributed by atoms with E-state index < -0.39 is 12.2 Å². The molecule has 1 atom stereocenters. The second kappa shape index (κ2) is 10.8. The Hall–Kier alpha value is -3.87. The first-order chi connectivity index (χ1) is 17.6. The lowest BCUT2D eigenvalue weighted by atomic mass is 9.81. The number of hydrogen-bond donors (Lipinski definition) is 2. The van der Waals surface area contributed by atoms with Gasteiger partial charge in [-0.05, 0) is 62.1 Å². The summed E-state index contributed by atoms with van der Waals surface area (Å²) in [6, 6.07) is 16.1. The highest BCUT2D eigenvalue weighted by molar-refractivity contribution is 6.08. The number of carbonyl (C=O) groups is 2. The van der Waals surface area contributed by atoms with Crippen LogP contribution in [-0.2, 0) is 4.79 Å². The van der Waals surface area contributed by atoms with Crippen LogP contribution in [0.5, 0.6) is 11.5 Å². The number of urea groups is 1. The number of amides is 3. The molecule has 7 heteroatoms. The Kier molecular flexibility index (Phi) is 7.16. The van der Waals surface area contributed by atoms with Crippen LogP contribution in [0.3, 0.4) is 0 Å². The van der Waals surface area contributed by atoms with Gasteiger partial charge in [0.1, 0.15) is 11.5 Å². The number of likely N-dealkylation sites (N-methyl/N-ethyl adjacent to an activating group) is 1. The topological polar surface area (TPSA) is 83.0 Å². The van der Waals surface area contributed by atoms with Gasteiger partial charge in [-0.1, -0.05) is 49.6 Å². The number of hydrogen-bond acceptors (Lipinski definition) is 4. The molecule has 36 heavy (non-hydrogen) atoms. The van der Waals surface area contributed by atoms with E-state index in [1.165, 1.54) is 19.3 Å². The predicted molar refractivity (Wildman–Crippen MR) is 141 cm³/mol. The third-order valence-electron chi connectivity index (χ3n) is 7.01. The van der Waals surface area contributed by atoms with E-state index in [0.717, 1.165) is 48.4 Å². The maximum absolute atomic E-state index is 13.3. The Bertz CT molecular complexity index is 1190. The summed E-state index contributed by atoms with van der Waals surface area (Å²) in [6.07, 6.45) is 10.7. The lowest BCUT2D eigenvalue weighted by Gasteiger charge is -2.27. The molecule has 1 heterocycles. The first kappa shape index (κ1) is 23.9. The Labute approximate surface area is 211 Å². The van der Waals surface area contributed by atoms with Crippen molar-refractivity contribution in [3.63, 3.8) is 0 Å². The van der Waals surface area contributed by atoms with Gasteiger partial charge in [0.05, 0.1) is 5.71 Å². The van der Waals surface area contributed by atoms with Gasteiger partial charge in [0.25, 0.3) is 5.91 Å². The SMILES string of the molecule is CN1C(=O)C(NC(=O)Nc2ccc(Oc3ccccc3)cc2)N=C(C2CCCCC2)C2=C1CCC=C2. The second-order valence-corrected chi connectivity index (χ2v) is 9.49. The molecule has 1 aliphatic heterocycles. The number of aliphatic imine (C=N–C) groups is 1. The first-order valence-electron chi connectivity index (χ1n) is 12.7. The molecule has 7 nitrogen and oxygen atoms in total. The molecule has 0 spiro atoms. The minimum Gasteiger partial charge on any atom is -0.457 e. The Morgan fingerprint density at radius 3 is 2.47 bits per heavy atom. The van der Waals surface area contributed by atoms with Crippen LogP contribution in [0.2, 0.25) is 0 Å². The van der Waals surface area contributed by atoms with Crippen molar-refractivity contribution in [3.8, 4) is 11.5 Å². The number of rotatable bonds is 5. The molecule has 0 radical (unpaired) electrons. The van der Waals surface area contributed by atoms with Crippen molar-refractivity contribution in [1.29, 1.82) is 0 Å². The van der Waals surface area contributed by atoms with Crippen molar-refractivity contribution in [2.24, 2.45) is 10.9 Å². The molecule has 2 aromatic rings. The normalized spacial score (nSPS) is 20.4. The molecule has 2 aromatic carbocycles. The van der Waals surface area contributed by atoms with E-state index in [2.05, 4.69) is 22.8 Å². The Balaban J connectivity index is 1.30. The molecular formula is C29H32N4O3. The van der Waals surface area contributed by atoms with Gasteiger partial charge in [0.2, 0.25) is 6.17 Å². The summed E-state index contributed by atoms with van der Waals surface area (Å²) < 4.78 is 5.81. The Morgan fingerprint density at radius 1 is 1.00 bits per heavy atom. The summed E-state index contributed by atoms with van der Waals surface area (Å²) in [5.74, 6) is 1.50. The van der Waals surface area contributed by atoms with Gasteiger partial charge < -0.3 is 20.3 Å². The lowest BCUT2D eigenvalue weighted by Crippen LogP contribution is -2.47. The van der Waals surface area contributed by atoms with Crippen LogP contribution in [0.25, 0.3) is 0 Å². The summed E-state index contributed by atoms with van der Waals surface area (Å²) in [5, 5.41) is 5.63. The molecule has 1 fully saturated rings. The average Bonchev–Trinajstić information content (AvgIpc) is 3.01. The summed E-state index contributed by atoms with van der Waals surface area (Å²) in [4.78, 5) is 32.8. The molecular weight excluding hydrogens is 452 g/mol. The van der Waals surface area contributed by atoms with E-state index in [0.29, 0.717) is 17.4 Å². The third-order valence-corrected chi connectivity index (χ3v) is 7.01. The molecule has 2 N–H and O–H groups in total. The fraction of sp³-hybridized carbons (Fsp3) is 0.345. The number of para-hydroxylation sites is 1. The summed E-state index contributed by atoms with van der Waals surface area (Å²) >= 11 is 0. The number of benzene rings is 2. The molecule has 186 valence electrons. The number of ether oxygens (including phenoxy) is 1. The van der Waals surface area contributed by atoms with Crippen molar-refractivity contribution in [1.82, 2.24) is 10.2 Å². The fourth-order valence-corrected chi connectivity index (χ4v) is 5.13. The third kappa shape index (κ3) is 5.35. The Morgan fingerprint density at radius 2 is 1.72 bits per heavy atom. The highest BCUT2D eigenvalue weighted by Crippen LogP contribution is 2.34. The number of allylic oxidation sites excluding steroid dienone is 4. The minimum absolute atomic E-state index is 0.217. The van der Waals surface area contributed by atoms with Crippen molar-refractivity contribution >= 4 is 23.3 Å². The predicted octanol–water partition coefficient (Wildman–Crippen LogP) is 6.02. The zero-order valence-corrected chi connectivity index (χ0v) is 20.6. The van der Waals surface area contributed by atoms with Crippen molar-refractivity contribution in [2.45, 2.75) is 51.1 Å². The van der Waals surface area contributed by atoms with Crippen molar-refractivity contribution in [2.75, 3.05) is 12.4 Å². The van der Waals surface area contributed by atoms with Gasteiger partial charge in [-0.3, -0.25) is 9.79 Å². The summed E-state index contributed by atoms with van der Waals surface area (Å²) in [5.41, 5.74) is 3.62. The van der Waals surface area contributed by atoms with Crippen LogP contribution in [-0.4, -0.2) is 35.8 Å². The van der Waals surface area contributed by atoms with Crippen LogP contribution in [0.15, 0.2) is 83.0 Å². The summed E-state index contributed by atoms with van der Waals surface area (Å²) in [6.45, 7) is 0. The molecule has 5 rings (SSSR count). The smallest absolute Gasteiger partial charge is 0.321 e. The molecule has 1 unspecified atom stereocenters. The standard InChI is InChI=1S/C29H32N4O3/c1-33-25-15-9-8-14-24(25)26(20-10-4-2-5-11-20)31-27(28(33)34)32-29(35)30-21-16-18-23(19-17-21)36-22-12-6-3-7-13-22/h3,6-8,12-14,16-20,27H,2,4-5,9-11,15H2,1H3,(H2,30,32,35). The molecule has 3 aliphatic rings. The zero-order chi connectivity index (χ0) is 24.9. The molecule has 1 saturated carbocycles. The largest absolute Gasteiger partial charge is 0.457 e. The molecule has 0 bridgehead atoms. The number of anilines is 1. The van der Waals surface area contributed by atoms with E-state index >= 15 is 0 Å². The number of carbonyl (C=O) groups excluding carboxylic acids is 2. The monoisotopic (exact) mass is 484 g/mol. The highest BCUT2D eigenvalue weighted by Gasteiger charge is 2.34. The van der Waals surface area contributed by atoms with Crippen LogP contribution >= 0.6 is 0 Å². The van der Waals surface area contributed by atoms with E-state index in [1.807, 2.05) is 30.3 Å². The zero-order valence-electron chi connectivity index (χ0n) is 20.6. The van der Waals surface area contributed by atoms with Crippen LogP contribution in [0.4, 0.5) is 10.5 Å². The average molecular weight is 485 g/mol. The van der Waals surface area contributed by atoms with E-state index in [4.69, 9.17) is 9.73 Å². The van der Waals surface area contributed by atoms with E-state index in [9.17, 15) is 9.59 Å². The van der Waals surface area contributed by atoms with Gasteiger partial charge in [0.15, 0.2) is 0 Å².